The second-order valence-corrected chi connectivity index (χ2v) is 7.21. The molecule has 0 saturated carbocycles. The van der Waals surface area contributed by atoms with Gasteiger partial charge in [0.25, 0.3) is 0 Å². The van der Waals surface area contributed by atoms with Gasteiger partial charge in [-0.1, -0.05) is 6.92 Å². The molecule has 1 aromatic carbocycles. The fourth-order valence-corrected chi connectivity index (χ4v) is 3.25. The number of hydrogen-bond acceptors (Lipinski definition) is 5. The molecule has 1 fully saturated rings. The molecule has 1 saturated heterocycles. The summed E-state index contributed by atoms with van der Waals surface area (Å²) in [5.41, 5.74) is 0.879. The first-order chi connectivity index (χ1) is 12.4. The molecule has 0 aromatic heterocycles. The van der Waals surface area contributed by atoms with Crippen LogP contribution in [0.15, 0.2) is 18.2 Å². The van der Waals surface area contributed by atoms with Crippen LogP contribution in [-0.2, 0) is 9.53 Å². The summed E-state index contributed by atoms with van der Waals surface area (Å²) in [4.78, 5) is 24.3. The number of halogens is 1. The molecule has 1 aliphatic heterocycles. The van der Waals surface area contributed by atoms with Crippen molar-refractivity contribution >= 4 is 30.0 Å². The Bertz CT molecular complexity index is 630. The average Bonchev–Trinajstić information content (AvgIpc) is 2.62. The van der Waals surface area contributed by atoms with Crippen molar-refractivity contribution in [1.82, 2.24) is 5.32 Å². The first-order valence-electron chi connectivity index (χ1n) is 9.30. The van der Waals surface area contributed by atoms with Crippen LogP contribution in [0.1, 0.15) is 50.4 Å². The summed E-state index contributed by atoms with van der Waals surface area (Å²) in [6.07, 6.45) is 2.71. The van der Waals surface area contributed by atoms with Crippen LogP contribution >= 0.6 is 12.4 Å². The number of piperidine rings is 1. The lowest BCUT2D eigenvalue weighted by Gasteiger charge is -2.28. The van der Waals surface area contributed by atoms with Crippen LogP contribution in [0.5, 0.6) is 5.75 Å². The maximum atomic E-state index is 12.6. The topological polar surface area (TPSA) is 76.7 Å². The van der Waals surface area contributed by atoms with Crippen molar-refractivity contribution in [2.24, 2.45) is 11.8 Å². The predicted octanol–water partition coefficient (Wildman–Crippen LogP) is 3.65. The van der Waals surface area contributed by atoms with Crippen molar-refractivity contribution in [3.8, 4) is 5.75 Å². The molecule has 2 unspecified atom stereocenters. The average molecular weight is 399 g/mol. The summed E-state index contributed by atoms with van der Waals surface area (Å²) in [5, 5.41) is 6.31. The molecule has 2 N–H and O–H groups in total. The van der Waals surface area contributed by atoms with E-state index in [9.17, 15) is 9.59 Å². The van der Waals surface area contributed by atoms with E-state index in [1.807, 2.05) is 13.8 Å². The smallest absolute Gasteiger partial charge is 0.337 e. The Morgan fingerprint density at radius 2 is 2.04 bits per heavy atom. The van der Waals surface area contributed by atoms with Crippen molar-refractivity contribution in [3.05, 3.63) is 23.8 Å². The number of rotatable bonds is 7. The Labute approximate surface area is 167 Å². The number of benzene rings is 1. The second kappa shape index (κ2) is 11.1. The van der Waals surface area contributed by atoms with E-state index < -0.39 is 5.97 Å². The summed E-state index contributed by atoms with van der Waals surface area (Å²) in [5.74, 6) is 0.841. The van der Waals surface area contributed by atoms with Gasteiger partial charge in [-0.15, -0.1) is 12.4 Å². The van der Waals surface area contributed by atoms with Gasteiger partial charge in [-0.3, -0.25) is 4.79 Å². The normalized spacial score (nSPS) is 17.6. The van der Waals surface area contributed by atoms with E-state index in [4.69, 9.17) is 9.47 Å². The Morgan fingerprint density at radius 3 is 2.63 bits per heavy atom. The Morgan fingerprint density at radius 1 is 1.30 bits per heavy atom. The first-order valence-corrected chi connectivity index (χ1v) is 9.30. The molecule has 2 atom stereocenters. The van der Waals surface area contributed by atoms with Crippen molar-refractivity contribution in [2.75, 3.05) is 25.5 Å². The zero-order valence-electron chi connectivity index (χ0n) is 16.5. The molecule has 1 amide bonds. The fourth-order valence-electron chi connectivity index (χ4n) is 3.25. The molecule has 0 radical (unpaired) electrons. The number of amides is 1. The van der Waals surface area contributed by atoms with Gasteiger partial charge in [-0.2, -0.15) is 0 Å². The van der Waals surface area contributed by atoms with Gasteiger partial charge in [0, 0.05) is 6.42 Å². The zero-order valence-corrected chi connectivity index (χ0v) is 17.4. The number of esters is 1. The van der Waals surface area contributed by atoms with Crippen LogP contribution in [0, 0.1) is 11.8 Å². The minimum atomic E-state index is -0.446. The van der Waals surface area contributed by atoms with Crippen LogP contribution in [0.3, 0.4) is 0 Å². The first kappa shape index (κ1) is 23.2. The Balaban J connectivity index is 0.00000364. The highest BCUT2D eigenvalue weighted by atomic mass is 35.5. The molecule has 0 aliphatic carbocycles. The van der Waals surface area contributed by atoms with E-state index in [1.165, 1.54) is 7.11 Å². The minimum absolute atomic E-state index is 0. The number of nitrogens with one attached hydrogen (secondary N) is 2. The molecule has 0 bridgehead atoms. The molecule has 6 nitrogen and oxygen atoms in total. The molecule has 1 aliphatic rings. The standard InChI is InChI=1S/C20H30N2O4.ClH/c1-13(2)26-18-8-7-15(20(24)25-4)11-17(18)22-19(23)10-14(3)16-6-5-9-21-12-16;/h7-8,11,13-14,16,21H,5-6,9-10,12H2,1-4H3,(H,22,23);1H. The van der Waals surface area contributed by atoms with E-state index in [-0.39, 0.29) is 24.4 Å². The second-order valence-electron chi connectivity index (χ2n) is 7.21. The van der Waals surface area contributed by atoms with Gasteiger partial charge in [-0.05, 0) is 69.8 Å². The summed E-state index contributed by atoms with van der Waals surface area (Å²) < 4.78 is 10.5. The van der Waals surface area contributed by atoms with E-state index in [1.54, 1.807) is 18.2 Å². The predicted molar refractivity (Wildman–Crippen MR) is 109 cm³/mol. The monoisotopic (exact) mass is 398 g/mol. The maximum absolute atomic E-state index is 12.6. The van der Waals surface area contributed by atoms with Gasteiger partial charge < -0.3 is 20.1 Å². The van der Waals surface area contributed by atoms with E-state index in [0.29, 0.717) is 35.3 Å². The van der Waals surface area contributed by atoms with Crippen LogP contribution < -0.4 is 15.4 Å². The fraction of sp³-hybridized carbons (Fsp3) is 0.600. The molecular weight excluding hydrogens is 368 g/mol. The lowest BCUT2D eigenvalue weighted by Crippen LogP contribution is -2.34. The molecule has 1 heterocycles. The van der Waals surface area contributed by atoms with E-state index in [0.717, 1.165) is 25.9 Å². The molecule has 152 valence electrons. The molecule has 2 rings (SSSR count). The van der Waals surface area contributed by atoms with Gasteiger partial charge in [0.05, 0.1) is 24.5 Å². The number of carbonyl (C=O) groups is 2. The van der Waals surface area contributed by atoms with Crippen LogP contribution in [-0.4, -0.2) is 38.2 Å². The van der Waals surface area contributed by atoms with Gasteiger partial charge in [0.15, 0.2) is 0 Å². The summed E-state index contributed by atoms with van der Waals surface area (Å²) in [6.45, 7) is 7.98. The van der Waals surface area contributed by atoms with Crippen molar-refractivity contribution in [3.63, 3.8) is 0 Å². The molecule has 27 heavy (non-hydrogen) atoms. The van der Waals surface area contributed by atoms with Crippen molar-refractivity contribution in [2.45, 2.75) is 46.1 Å². The largest absolute Gasteiger partial charge is 0.489 e. The lowest BCUT2D eigenvalue weighted by atomic mass is 9.85. The number of ether oxygens (including phenoxy) is 2. The van der Waals surface area contributed by atoms with Gasteiger partial charge in [-0.25, -0.2) is 4.79 Å². The number of hydrogen-bond donors (Lipinski definition) is 2. The van der Waals surface area contributed by atoms with Crippen LogP contribution in [0.25, 0.3) is 0 Å². The molecular formula is C20H31ClN2O4. The number of anilines is 1. The third kappa shape index (κ3) is 7.03. The van der Waals surface area contributed by atoms with Crippen LogP contribution in [0.2, 0.25) is 0 Å². The quantitative estimate of drug-likeness (QED) is 0.685. The van der Waals surface area contributed by atoms with Gasteiger partial charge >= 0.3 is 5.97 Å². The van der Waals surface area contributed by atoms with E-state index >= 15 is 0 Å². The molecule has 1 aromatic rings. The Hall–Kier alpha value is -1.79. The zero-order chi connectivity index (χ0) is 19.1. The van der Waals surface area contributed by atoms with Gasteiger partial charge in [0.1, 0.15) is 5.75 Å². The Kier molecular flexibility index (Phi) is 9.60. The van der Waals surface area contributed by atoms with Crippen molar-refractivity contribution in [1.29, 1.82) is 0 Å². The summed E-state index contributed by atoms with van der Waals surface area (Å²) >= 11 is 0. The number of carbonyl (C=O) groups excluding carboxylic acids is 2. The SMILES string of the molecule is COC(=O)c1ccc(OC(C)C)c(NC(=O)CC(C)C2CCCNC2)c1.Cl. The third-order valence-corrected chi connectivity index (χ3v) is 4.68. The van der Waals surface area contributed by atoms with E-state index in [2.05, 4.69) is 17.6 Å². The summed E-state index contributed by atoms with van der Waals surface area (Å²) in [6, 6.07) is 4.93. The number of methoxy groups -OCH3 is 1. The van der Waals surface area contributed by atoms with Crippen LogP contribution in [0.4, 0.5) is 5.69 Å². The van der Waals surface area contributed by atoms with Crippen molar-refractivity contribution < 1.29 is 19.1 Å². The molecule has 0 spiro atoms. The molecule has 7 heteroatoms. The maximum Gasteiger partial charge on any atom is 0.337 e. The highest BCUT2D eigenvalue weighted by molar-refractivity contribution is 5.96. The summed E-state index contributed by atoms with van der Waals surface area (Å²) in [7, 11) is 1.33. The highest BCUT2D eigenvalue weighted by Gasteiger charge is 2.23. The minimum Gasteiger partial charge on any atom is -0.489 e. The highest BCUT2D eigenvalue weighted by Crippen LogP contribution is 2.29. The lowest BCUT2D eigenvalue weighted by molar-refractivity contribution is -0.117. The third-order valence-electron chi connectivity index (χ3n) is 4.68. The van der Waals surface area contributed by atoms with Gasteiger partial charge in [0.2, 0.25) is 5.91 Å².